The second-order valence-corrected chi connectivity index (χ2v) is 6.78. The Bertz CT molecular complexity index is 958. The third-order valence-corrected chi connectivity index (χ3v) is 4.95. The number of carbonyl (C=O) groups is 2. The highest BCUT2D eigenvalue weighted by molar-refractivity contribution is 6.19. The van der Waals surface area contributed by atoms with Crippen LogP contribution in [0.1, 0.15) is 66.8 Å². The highest BCUT2D eigenvalue weighted by Crippen LogP contribution is 2.35. The maximum atomic E-state index is 12.8. The van der Waals surface area contributed by atoms with Gasteiger partial charge in [0, 0.05) is 23.5 Å². The Balaban J connectivity index is 2.02. The number of nitrogens with zero attached hydrogens (tertiary/aromatic N) is 5. The summed E-state index contributed by atoms with van der Waals surface area (Å²) in [6, 6.07) is 1.93. The summed E-state index contributed by atoms with van der Waals surface area (Å²) in [6.07, 6.45) is 9.23. The zero-order valence-electron chi connectivity index (χ0n) is 16.4. The highest BCUT2D eigenvalue weighted by Gasteiger charge is 2.34. The Labute approximate surface area is 168 Å². The molecule has 0 spiro atoms. The Hall–Kier alpha value is -3.47. The summed E-state index contributed by atoms with van der Waals surface area (Å²) in [5.41, 5.74) is 0.760. The average Bonchev–Trinajstić information content (AvgIpc) is 2.76. The van der Waals surface area contributed by atoms with Gasteiger partial charge in [-0.3, -0.25) is 4.79 Å². The van der Waals surface area contributed by atoms with Crippen LogP contribution in [0, 0.1) is 17.2 Å². The van der Waals surface area contributed by atoms with Crippen molar-refractivity contribution in [2.45, 2.75) is 39.5 Å². The van der Waals surface area contributed by atoms with E-state index in [2.05, 4.69) is 26.9 Å². The number of esters is 1. The lowest BCUT2D eigenvalue weighted by Gasteiger charge is -2.20. The van der Waals surface area contributed by atoms with Crippen LogP contribution in [0.5, 0.6) is 0 Å². The molecule has 0 amide bonds. The number of nitriles is 1. The van der Waals surface area contributed by atoms with Gasteiger partial charge >= 0.3 is 5.97 Å². The zero-order chi connectivity index (χ0) is 20.8. The minimum Gasteiger partial charge on any atom is -0.461 e. The minimum atomic E-state index is -0.744. The average molecular weight is 391 g/mol. The molecule has 29 heavy (non-hydrogen) atoms. The molecule has 1 atom stereocenters. The number of fused-ring (bicyclic) bond motifs is 2. The predicted octanol–water partition coefficient (Wildman–Crippen LogP) is 2.90. The summed E-state index contributed by atoms with van der Waals surface area (Å²) in [7, 11) is 0. The summed E-state index contributed by atoms with van der Waals surface area (Å²) in [6.45, 7) is 4.40. The van der Waals surface area contributed by atoms with Crippen molar-refractivity contribution in [3.8, 4) is 6.07 Å². The van der Waals surface area contributed by atoms with Crippen LogP contribution in [0.2, 0.25) is 0 Å². The van der Waals surface area contributed by atoms with Gasteiger partial charge in [0.2, 0.25) is 5.78 Å². The number of hydrogen-bond donors (Lipinski definition) is 0. The fourth-order valence-electron chi connectivity index (χ4n) is 3.26. The molecule has 0 aromatic carbocycles. The second-order valence-electron chi connectivity index (χ2n) is 6.78. The summed E-state index contributed by atoms with van der Waals surface area (Å²) < 4.78 is 5.47. The third-order valence-electron chi connectivity index (χ3n) is 4.95. The van der Waals surface area contributed by atoms with E-state index in [0.29, 0.717) is 0 Å². The van der Waals surface area contributed by atoms with E-state index >= 15 is 0 Å². The highest BCUT2D eigenvalue weighted by atomic mass is 16.5. The number of ether oxygens (including phenoxy) is 1. The second kappa shape index (κ2) is 9.15. The molecular weight excluding hydrogens is 370 g/mol. The van der Waals surface area contributed by atoms with Gasteiger partial charge in [-0.2, -0.15) is 5.26 Å². The van der Waals surface area contributed by atoms with Gasteiger partial charge in [-0.1, -0.05) is 33.1 Å². The minimum absolute atomic E-state index is 0.104. The molecule has 8 heteroatoms. The zero-order valence-corrected chi connectivity index (χ0v) is 16.4. The van der Waals surface area contributed by atoms with Gasteiger partial charge in [0.15, 0.2) is 0 Å². The SMILES string of the molecule is CCCCC(CC)COC(=O)/C(C#N)=C1\c2cncnc2C(=O)c2cncnc21. The molecule has 148 valence electrons. The maximum Gasteiger partial charge on any atom is 0.349 e. The van der Waals surface area contributed by atoms with Crippen molar-refractivity contribution in [2.24, 2.45) is 5.92 Å². The quantitative estimate of drug-likeness (QED) is 0.343. The van der Waals surface area contributed by atoms with Crippen LogP contribution in [0.4, 0.5) is 0 Å². The van der Waals surface area contributed by atoms with Gasteiger partial charge in [0.05, 0.1) is 17.9 Å². The van der Waals surface area contributed by atoms with Gasteiger partial charge in [0.25, 0.3) is 0 Å². The van der Waals surface area contributed by atoms with Gasteiger partial charge in [-0.05, 0) is 12.3 Å². The number of rotatable bonds is 7. The first-order valence-electron chi connectivity index (χ1n) is 9.59. The molecule has 0 saturated heterocycles. The molecule has 1 unspecified atom stereocenters. The first kappa shape index (κ1) is 20.3. The molecule has 0 bridgehead atoms. The summed E-state index contributed by atoms with van der Waals surface area (Å²) in [5.74, 6) is -0.883. The Morgan fingerprint density at radius 3 is 2.48 bits per heavy atom. The molecule has 0 N–H and O–H groups in total. The monoisotopic (exact) mass is 391 g/mol. The molecule has 1 aliphatic carbocycles. The van der Waals surface area contributed by atoms with Crippen molar-refractivity contribution in [3.05, 3.63) is 53.1 Å². The van der Waals surface area contributed by atoms with Crippen LogP contribution in [0.15, 0.2) is 30.6 Å². The molecule has 0 radical (unpaired) electrons. The fourth-order valence-corrected chi connectivity index (χ4v) is 3.26. The Morgan fingerprint density at radius 2 is 1.83 bits per heavy atom. The van der Waals surface area contributed by atoms with Gasteiger partial charge in [0.1, 0.15) is 30.0 Å². The smallest absolute Gasteiger partial charge is 0.349 e. The third kappa shape index (κ3) is 4.04. The van der Waals surface area contributed by atoms with E-state index in [9.17, 15) is 14.9 Å². The molecular formula is C21H21N5O3. The lowest BCUT2D eigenvalue weighted by Crippen LogP contribution is -2.22. The van der Waals surface area contributed by atoms with Crippen LogP contribution in [-0.4, -0.2) is 38.3 Å². The van der Waals surface area contributed by atoms with Crippen LogP contribution in [-0.2, 0) is 9.53 Å². The van der Waals surface area contributed by atoms with E-state index in [1.165, 1.54) is 25.0 Å². The molecule has 2 aromatic rings. The van der Waals surface area contributed by atoms with Gasteiger partial charge < -0.3 is 4.74 Å². The molecule has 0 saturated carbocycles. The van der Waals surface area contributed by atoms with E-state index < -0.39 is 5.97 Å². The lowest BCUT2D eigenvalue weighted by molar-refractivity contribution is -0.139. The Morgan fingerprint density at radius 1 is 1.14 bits per heavy atom. The molecule has 0 fully saturated rings. The van der Waals surface area contributed by atoms with Crippen molar-refractivity contribution in [1.82, 2.24) is 19.9 Å². The van der Waals surface area contributed by atoms with E-state index in [1.54, 1.807) is 0 Å². The largest absolute Gasteiger partial charge is 0.461 e. The standard InChI is InChI=1S/C21H21N5O3/c1-3-5-6-13(4-2)10-29-21(28)14(7-22)17-15-8-23-12-26-19(15)20(27)16-9-24-11-25-18(16)17/h8-9,11-13H,3-6,10H2,1-2H3/b17-14+. The van der Waals surface area contributed by atoms with Crippen LogP contribution in [0.3, 0.4) is 0 Å². The van der Waals surface area contributed by atoms with Gasteiger partial charge in [-0.25, -0.2) is 24.7 Å². The van der Waals surface area contributed by atoms with Crippen LogP contribution < -0.4 is 0 Å². The van der Waals surface area contributed by atoms with Crippen molar-refractivity contribution >= 4 is 17.3 Å². The number of hydrogen-bond acceptors (Lipinski definition) is 8. The molecule has 8 nitrogen and oxygen atoms in total. The first-order valence-corrected chi connectivity index (χ1v) is 9.59. The predicted molar refractivity (Wildman–Crippen MR) is 103 cm³/mol. The van der Waals surface area contributed by atoms with Crippen molar-refractivity contribution in [1.29, 1.82) is 5.26 Å². The molecule has 0 aliphatic heterocycles. The normalized spacial score (nSPS) is 15.0. The number of ketones is 1. The Kier molecular flexibility index (Phi) is 6.39. The van der Waals surface area contributed by atoms with Crippen molar-refractivity contribution < 1.29 is 14.3 Å². The van der Waals surface area contributed by atoms with E-state index in [0.717, 1.165) is 25.7 Å². The molecule has 3 rings (SSSR count). The number of carbonyl (C=O) groups excluding carboxylic acids is 2. The maximum absolute atomic E-state index is 12.8. The topological polar surface area (TPSA) is 119 Å². The summed E-state index contributed by atoms with van der Waals surface area (Å²) in [4.78, 5) is 41.5. The lowest BCUT2D eigenvalue weighted by atomic mass is 9.86. The fraction of sp³-hybridized carbons (Fsp3) is 0.381. The molecule has 2 heterocycles. The number of aromatic nitrogens is 4. The van der Waals surface area contributed by atoms with Crippen LogP contribution >= 0.6 is 0 Å². The van der Waals surface area contributed by atoms with E-state index in [4.69, 9.17) is 4.74 Å². The first-order chi connectivity index (χ1) is 14.1. The molecule has 1 aliphatic rings. The number of unbranched alkanes of at least 4 members (excludes halogenated alkanes) is 1. The van der Waals surface area contributed by atoms with Crippen LogP contribution in [0.25, 0.3) is 5.57 Å². The van der Waals surface area contributed by atoms with E-state index in [-0.39, 0.29) is 52.0 Å². The van der Waals surface area contributed by atoms with Gasteiger partial charge in [-0.15, -0.1) is 0 Å². The molecule has 2 aromatic heterocycles. The summed E-state index contributed by atoms with van der Waals surface area (Å²) >= 11 is 0. The van der Waals surface area contributed by atoms with Crippen molar-refractivity contribution in [2.75, 3.05) is 6.61 Å². The van der Waals surface area contributed by atoms with E-state index in [1.807, 2.05) is 13.0 Å². The van der Waals surface area contributed by atoms with Crippen molar-refractivity contribution in [3.63, 3.8) is 0 Å². The summed E-state index contributed by atoms with van der Waals surface area (Å²) in [5, 5.41) is 9.75.